The van der Waals surface area contributed by atoms with Gasteiger partial charge in [-0.15, -0.1) is 11.3 Å². The molecule has 0 saturated heterocycles. The minimum Gasteiger partial charge on any atom is -0.449 e. The topological polar surface area (TPSA) is 92.8 Å². The number of hydrogen-bond donors (Lipinski definition) is 1. The Kier molecular flexibility index (Phi) is 10.7. The van der Waals surface area contributed by atoms with Gasteiger partial charge in [0.1, 0.15) is 4.21 Å². The number of unbranched alkanes of at least 4 members (excludes halogenated alkanes) is 1. The van der Waals surface area contributed by atoms with Crippen LogP contribution in [0.1, 0.15) is 62.1 Å². The van der Waals surface area contributed by atoms with Crippen LogP contribution in [0.15, 0.2) is 58.8 Å². The lowest BCUT2D eigenvalue weighted by molar-refractivity contribution is -0.130. The van der Waals surface area contributed by atoms with Gasteiger partial charge in [0.2, 0.25) is 5.91 Å². The van der Waals surface area contributed by atoms with Gasteiger partial charge in [0, 0.05) is 30.5 Å². The highest BCUT2D eigenvalue weighted by Crippen LogP contribution is 2.37. The Morgan fingerprint density at radius 3 is 2.36 bits per heavy atom. The predicted molar refractivity (Wildman–Crippen MR) is 156 cm³/mol. The lowest BCUT2D eigenvalue weighted by Crippen LogP contribution is -2.31. The molecule has 0 atom stereocenters. The number of carbonyl (C=O) groups is 2. The first-order valence-corrected chi connectivity index (χ1v) is 15.5. The van der Waals surface area contributed by atoms with E-state index < -0.39 is 16.1 Å². The van der Waals surface area contributed by atoms with E-state index >= 15 is 0 Å². The van der Waals surface area contributed by atoms with Gasteiger partial charge in [-0.3, -0.25) is 4.79 Å². The van der Waals surface area contributed by atoms with E-state index in [4.69, 9.17) is 4.74 Å². The summed E-state index contributed by atoms with van der Waals surface area (Å²) in [6, 6.07) is 17.5. The minimum atomic E-state index is -4.15. The van der Waals surface area contributed by atoms with Crippen LogP contribution in [0, 0.1) is 12.8 Å². The molecule has 3 rings (SSSR count). The highest BCUT2D eigenvalue weighted by molar-refractivity contribution is 7.92. The molecule has 9 heteroatoms. The second kappa shape index (κ2) is 13.8. The number of benzene rings is 2. The number of rotatable bonds is 12. The molecule has 1 N–H and O–H groups in total. The quantitative estimate of drug-likeness (QED) is 0.245. The maximum atomic E-state index is 13.3. The van der Waals surface area contributed by atoms with E-state index in [2.05, 4.69) is 18.6 Å². The number of sulfonamides is 1. The zero-order valence-electron chi connectivity index (χ0n) is 23.3. The standard InChI is InChI=1S/C30H38N2O5S2/c1-6-7-15-37-30(34)31-39(35,36)29-28(18-27(38-29)16-21(2)3)26-10-8-9-25(17-26)20-32(23(5)33)19-24-13-11-22(4)12-14-24/h8-14,17-18,21H,6-7,15-16,19-20H2,1-5H3,(H,31,34). The van der Waals surface area contributed by atoms with Crippen LogP contribution in [0.3, 0.4) is 0 Å². The average Bonchev–Trinajstić information content (AvgIpc) is 3.29. The molecule has 0 unspecified atom stereocenters. The number of ether oxygens (including phenoxy) is 1. The van der Waals surface area contributed by atoms with Gasteiger partial charge >= 0.3 is 6.09 Å². The number of aryl methyl sites for hydroxylation is 1. The van der Waals surface area contributed by atoms with Crippen molar-refractivity contribution in [2.75, 3.05) is 6.61 Å². The Hall–Kier alpha value is -3.17. The summed E-state index contributed by atoms with van der Waals surface area (Å²) in [6.45, 7) is 10.7. The van der Waals surface area contributed by atoms with E-state index in [0.29, 0.717) is 43.0 Å². The first kappa shape index (κ1) is 30.4. The third-order valence-electron chi connectivity index (χ3n) is 6.10. The van der Waals surface area contributed by atoms with Crippen LogP contribution >= 0.6 is 11.3 Å². The second-order valence-corrected chi connectivity index (χ2v) is 13.2. The Labute approximate surface area is 236 Å². The van der Waals surface area contributed by atoms with E-state index in [-0.39, 0.29) is 16.7 Å². The third-order valence-corrected chi connectivity index (χ3v) is 9.11. The average molecular weight is 571 g/mol. The van der Waals surface area contributed by atoms with E-state index in [1.54, 1.807) is 11.8 Å². The number of nitrogens with zero attached hydrogens (tertiary/aromatic N) is 1. The molecule has 2 aromatic carbocycles. The van der Waals surface area contributed by atoms with Gasteiger partial charge in [0.15, 0.2) is 0 Å². The highest BCUT2D eigenvalue weighted by Gasteiger charge is 2.26. The number of amides is 2. The molecule has 0 aliphatic carbocycles. The maximum Gasteiger partial charge on any atom is 0.421 e. The Morgan fingerprint density at radius 2 is 1.72 bits per heavy atom. The molecule has 1 aromatic heterocycles. The number of thiophene rings is 1. The summed E-state index contributed by atoms with van der Waals surface area (Å²) in [7, 11) is -4.15. The van der Waals surface area contributed by atoms with Gasteiger partial charge in [0.05, 0.1) is 6.61 Å². The molecule has 0 aliphatic heterocycles. The van der Waals surface area contributed by atoms with Crippen LogP contribution in [-0.4, -0.2) is 31.9 Å². The molecule has 0 aliphatic rings. The normalized spacial score (nSPS) is 11.4. The fraction of sp³-hybridized carbons (Fsp3) is 0.400. The number of hydrogen-bond acceptors (Lipinski definition) is 6. The fourth-order valence-corrected chi connectivity index (χ4v) is 6.91. The maximum absolute atomic E-state index is 13.3. The number of carbonyl (C=O) groups excluding carboxylic acids is 2. The molecule has 0 spiro atoms. The lowest BCUT2D eigenvalue weighted by atomic mass is 10.0. The van der Waals surface area contributed by atoms with Crippen molar-refractivity contribution in [3.05, 3.63) is 76.2 Å². The monoisotopic (exact) mass is 570 g/mol. The number of nitrogens with one attached hydrogen (secondary N) is 1. The van der Waals surface area contributed by atoms with Crippen molar-refractivity contribution in [1.29, 1.82) is 0 Å². The molecular weight excluding hydrogens is 532 g/mol. The molecule has 2 amide bonds. The van der Waals surface area contributed by atoms with E-state index in [1.165, 1.54) is 0 Å². The molecule has 0 saturated carbocycles. The van der Waals surface area contributed by atoms with Crippen molar-refractivity contribution in [3.8, 4) is 11.1 Å². The molecule has 210 valence electrons. The van der Waals surface area contributed by atoms with E-state index in [0.717, 1.165) is 39.3 Å². The van der Waals surface area contributed by atoms with Crippen LogP contribution in [0.5, 0.6) is 0 Å². The summed E-state index contributed by atoms with van der Waals surface area (Å²) in [6.07, 6.45) is 1.22. The third kappa shape index (κ3) is 8.93. The second-order valence-electron chi connectivity index (χ2n) is 10.2. The van der Waals surface area contributed by atoms with Gasteiger partial charge in [-0.05, 0) is 54.5 Å². The van der Waals surface area contributed by atoms with E-state index in [1.807, 2.05) is 68.4 Å². The van der Waals surface area contributed by atoms with Crippen LogP contribution in [0.4, 0.5) is 4.79 Å². The van der Waals surface area contributed by atoms with Gasteiger partial charge in [0.25, 0.3) is 10.0 Å². The smallest absolute Gasteiger partial charge is 0.421 e. The van der Waals surface area contributed by atoms with Crippen LogP contribution in [0.25, 0.3) is 11.1 Å². The zero-order chi connectivity index (χ0) is 28.6. The Balaban J connectivity index is 1.91. The summed E-state index contributed by atoms with van der Waals surface area (Å²) in [5.41, 5.74) is 4.30. The van der Waals surface area contributed by atoms with E-state index in [9.17, 15) is 18.0 Å². The SMILES string of the molecule is CCCCOC(=O)NS(=O)(=O)c1sc(CC(C)C)cc1-c1cccc(CN(Cc2ccc(C)cc2)C(C)=O)c1. The predicted octanol–water partition coefficient (Wildman–Crippen LogP) is 6.69. The summed E-state index contributed by atoms with van der Waals surface area (Å²) < 4.78 is 33.8. The van der Waals surface area contributed by atoms with Gasteiger partial charge in [-0.2, -0.15) is 0 Å². The van der Waals surface area contributed by atoms with Gasteiger partial charge < -0.3 is 9.64 Å². The molecule has 39 heavy (non-hydrogen) atoms. The van der Waals surface area contributed by atoms with Crippen molar-refractivity contribution in [1.82, 2.24) is 9.62 Å². The highest BCUT2D eigenvalue weighted by atomic mass is 32.2. The molecule has 0 bridgehead atoms. The molecular formula is C30H38N2O5S2. The van der Waals surface area contributed by atoms with Crippen molar-refractivity contribution in [3.63, 3.8) is 0 Å². The van der Waals surface area contributed by atoms with Gasteiger partial charge in [-0.1, -0.05) is 75.2 Å². The Morgan fingerprint density at radius 1 is 1.03 bits per heavy atom. The summed E-state index contributed by atoms with van der Waals surface area (Å²) in [5.74, 6) is 0.279. The summed E-state index contributed by atoms with van der Waals surface area (Å²) in [4.78, 5) is 27.3. The molecule has 7 nitrogen and oxygen atoms in total. The summed E-state index contributed by atoms with van der Waals surface area (Å²) >= 11 is 1.16. The van der Waals surface area contributed by atoms with Crippen LogP contribution in [-0.2, 0) is 39.1 Å². The molecule has 1 heterocycles. The first-order chi connectivity index (χ1) is 18.5. The van der Waals surface area contributed by atoms with Crippen LogP contribution in [0.2, 0.25) is 0 Å². The van der Waals surface area contributed by atoms with Crippen molar-refractivity contribution in [2.24, 2.45) is 5.92 Å². The molecule has 0 radical (unpaired) electrons. The van der Waals surface area contributed by atoms with Crippen molar-refractivity contribution < 1.29 is 22.7 Å². The fourth-order valence-electron chi connectivity index (χ4n) is 4.07. The van der Waals surface area contributed by atoms with Crippen molar-refractivity contribution in [2.45, 2.75) is 71.2 Å². The Bertz CT molecular complexity index is 1380. The molecule has 0 fully saturated rings. The largest absolute Gasteiger partial charge is 0.449 e. The lowest BCUT2D eigenvalue weighted by Gasteiger charge is -2.22. The van der Waals surface area contributed by atoms with Gasteiger partial charge in [-0.25, -0.2) is 17.9 Å². The summed E-state index contributed by atoms with van der Waals surface area (Å²) in [5, 5.41) is 0. The molecule has 3 aromatic rings. The zero-order valence-corrected chi connectivity index (χ0v) is 25.0. The minimum absolute atomic E-state index is 0.0511. The van der Waals surface area contributed by atoms with Crippen LogP contribution < -0.4 is 4.72 Å². The first-order valence-electron chi connectivity index (χ1n) is 13.2. The van der Waals surface area contributed by atoms with Crippen molar-refractivity contribution >= 4 is 33.4 Å².